The van der Waals surface area contributed by atoms with Crippen molar-refractivity contribution >= 4 is 21.7 Å². The van der Waals surface area contributed by atoms with E-state index in [1.54, 1.807) is 27.4 Å². The fraction of sp³-hybridized carbons (Fsp3) is 0.208. The van der Waals surface area contributed by atoms with Gasteiger partial charge in [-0.2, -0.15) is 0 Å². The van der Waals surface area contributed by atoms with E-state index in [0.717, 1.165) is 21.9 Å². The summed E-state index contributed by atoms with van der Waals surface area (Å²) < 4.78 is 27.8. The average Bonchev–Trinajstić information content (AvgIpc) is 2.78. The van der Waals surface area contributed by atoms with Crippen LogP contribution in [-0.4, -0.2) is 21.3 Å². The quantitative estimate of drug-likeness (QED) is 0.337. The number of rotatable bonds is 6. The molecule has 154 valence electrons. The number of methoxy groups -OCH3 is 3. The van der Waals surface area contributed by atoms with Crippen molar-refractivity contribution in [3.05, 3.63) is 70.1 Å². The van der Waals surface area contributed by atoms with E-state index in [9.17, 15) is 4.79 Å². The highest BCUT2D eigenvalue weighted by atomic mass is 16.5. The molecule has 0 aliphatic heterocycles. The van der Waals surface area contributed by atoms with Gasteiger partial charge in [0.05, 0.1) is 26.7 Å². The molecule has 0 saturated heterocycles. The summed E-state index contributed by atoms with van der Waals surface area (Å²) in [6, 6.07) is 14.9. The SMILES string of the molecule is COc1cc(COc2ccc3c(oc(=O)c4ccccc43)c2C)cc(OC)c1OC. The molecule has 0 spiro atoms. The zero-order chi connectivity index (χ0) is 21.3. The predicted octanol–water partition coefficient (Wildman–Crippen LogP) is 4.86. The van der Waals surface area contributed by atoms with E-state index in [2.05, 4.69) is 0 Å². The second-order valence-corrected chi connectivity index (χ2v) is 6.82. The second-order valence-electron chi connectivity index (χ2n) is 6.82. The van der Waals surface area contributed by atoms with Crippen LogP contribution in [0.4, 0.5) is 0 Å². The van der Waals surface area contributed by atoms with Gasteiger partial charge >= 0.3 is 5.63 Å². The van der Waals surface area contributed by atoms with Gasteiger partial charge in [-0.1, -0.05) is 18.2 Å². The van der Waals surface area contributed by atoms with Crippen LogP contribution in [0.5, 0.6) is 23.0 Å². The van der Waals surface area contributed by atoms with Gasteiger partial charge in [0.2, 0.25) is 5.75 Å². The summed E-state index contributed by atoms with van der Waals surface area (Å²) in [6.07, 6.45) is 0. The monoisotopic (exact) mass is 406 g/mol. The van der Waals surface area contributed by atoms with Crippen molar-refractivity contribution in [2.24, 2.45) is 0 Å². The molecule has 4 aromatic rings. The molecule has 30 heavy (non-hydrogen) atoms. The fourth-order valence-electron chi connectivity index (χ4n) is 3.60. The molecule has 0 atom stereocenters. The van der Waals surface area contributed by atoms with Crippen molar-refractivity contribution in [2.45, 2.75) is 13.5 Å². The molecular weight excluding hydrogens is 384 g/mol. The summed E-state index contributed by atoms with van der Waals surface area (Å²) in [7, 11) is 4.70. The minimum Gasteiger partial charge on any atom is -0.493 e. The maximum absolute atomic E-state index is 12.4. The third-order valence-electron chi connectivity index (χ3n) is 5.11. The summed E-state index contributed by atoms with van der Waals surface area (Å²) in [5.74, 6) is 2.28. The number of fused-ring (bicyclic) bond motifs is 3. The van der Waals surface area contributed by atoms with E-state index in [0.29, 0.717) is 34.0 Å². The van der Waals surface area contributed by atoms with Gasteiger partial charge in [-0.15, -0.1) is 0 Å². The Morgan fingerprint density at radius 3 is 2.10 bits per heavy atom. The van der Waals surface area contributed by atoms with Gasteiger partial charge in [-0.05, 0) is 48.2 Å². The van der Waals surface area contributed by atoms with Crippen molar-refractivity contribution in [2.75, 3.05) is 21.3 Å². The van der Waals surface area contributed by atoms with E-state index in [4.69, 9.17) is 23.4 Å². The molecule has 3 aromatic carbocycles. The van der Waals surface area contributed by atoms with Crippen molar-refractivity contribution < 1.29 is 23.4 Å². The molecule has 0 radical (unpaired) electrons. The first-order chi connectivity index (χ1) is 14.6. The van der Waals surface area contributed by atoms with E-state index in [1.807, 2.05) is 49.4 Å². The lowest BCUT2D eigenvalue weighted by atomic mass is 10.0. The summed E-state index contributed by atoms with van der Waals surface area (Å²) in [5, 5.41) is 2.31. The molecule has 1 aromatic heterocycles. The van der Waals surface area contributed by atoms with Crippen molar-refractivity contribution in [1.82, 2.24) is 0 Å². The van der Waals surface area contributed by atoms with Gasteiger partial charge in [0.15, 0.2) is 11.5 Å². The van der Waals surface area contributed by atoms with Crippen LogP contribution < -0.4 is 24.6 Å². The van der Waals surface area contributed by atoms with Crippen LogP contribution in [0, 0.1) is 6.92 Å². The highest BCUT2D eigenvalue weighted by molar-refractivity contribution is 6.05. The molecule has 6 nitrogen and oxygen atoms in total. The molecule has 0 aliphatic rings. The first-order valence-corrected chi connectivity index (χ1v) is 9.44. The van der Waals surface area contributed by atoms with E-state index in [-0.39, 0.29) is 12.2 Å². The first-order valence-electron chi connectivity index (χ1n) is 9.44. The molecule has 0 unspecified atom stereocenters. The Morgan fingerprint density at radius 2 is 1.47 bits per heavy atom. The molecule has 6 heteroatoms. The van der Waals surface area contributed by atoms with E-state index in [1.165, 1.54) is 0 Å². The number of hydrogen-bond donors (Lipinski definition) is 0. The Bertz CT molecular complexity index is 1260. The Labute approximate surface area is 173 Å². The summed E-state index contributed by atoms with van der Waals surface area (Å²) in [5.41, 5.74) is 1.79. The number of aryl methyl sites for hydroxylation is 1. The molecule has 4 rings (SSSR count). The van der Waals surface area contributed by atoms with Crippen LogP contribution in [0.15, 0.2) is 57.7 Å². The molecule has 0 N–H and O–H groups in total. The van der Waals surface area contributed by atoms with Gasteiger partial charge in [-0.25, -0.2) is 4.79 Å². The maximum Gasteiger partial charge on any atom is 0.344 e. The van der Waals surface area contributed by atoms with E-state index >= 15 is 0 Å². The normalized spacial score (nSPS) is 10.9. The Kier molecular flexibility index (Phi) is 5.23. The summed E-state index contributed by atoms with van der Waals surface area (Å²) in [6.45, 7) is 2.16. The highest BCUT2D eigenvalue weighted by Gasteiger charge is 2.15. The summed E-state index contributed by atoms with van der Waals surface area (Å²) >= 11 is 0. The van der Waals surface area contributed by atoms with Gasteiger partial charge in [0.25, 0.3) is 0 Å². The second kappa shape index (κ2) is 7.99. The predicted molar refractivity (Wildman–Crippen MR) is 115 cm³/mol. The molecular formula is C24H22O6. The smallest absolute Gasteiger partial charge is 0.344 e. The van der Waals surface area contributed by atoms with Gasteiger partial charge < -0.3 is 23.4 Å². The molecule has 1 heterocycles. The minimum absolute atomic E-state index is 0.279. The van der Waals surface area contributed by atoms with Crippen LogP contribution in [0.1, 0.15) is 11.1 Å². The number of hydrogen-bond acceptors (Lipinski definition) is 6. The maximum atomic E-state index is 12.4. The van der Waals surface area contributed by atoms with Crippen LogP contribution in [0.2, 0.25) is 0 Å². The van der Waals surface area contributed by atoms with Crippen molar-refractivity contribution in [1.29, 1.82) is 0 Å². The van der Waals surface area contributed by atoms with Gasteiger partial charge in [0, 0.05) is 10.9 Å². The fourth-order valence-corrected chi connectivity index (χ4v) is 3.60. The molecule has 0 amide bonds. The lowest BCUT2D eigenvalue weighted by molar-refractivity contribution is 0.297. The van der Waals surface area contributed by atoms with Crippen LogP contribution in [0.3, 0.4) is 0 Å². The van der Waals surface area contributed by atoms with Crippen LogP contribution in [-0.2, 0) is 6.61 Å². The Balaban J connectivity index is 1.71. The summed E-state index contributed by atoms with van der Waals surface area (Å²) in [4.78, 5) is 12.4. The lowest BCUT2D eigenvalue weighted by Crippen LogP contribution is -2.03. The number of ether oxygens (including phenoxy) is 4. The van der Waals surface area contributed by atoms with Crippen molar-refractivity contribution in [3.63, 3.8) is 0 Å². The molecule has 0 aliphatic carbocycles. The largest absolute Gasteiger partial charge is 0.493 e. The van der Waals surface area contributed by atoms with Gasteiger partial charge in [-0.3, -0.25) is 0 Å². The third kappa shape index (κ3) is 3.30. The highest BCUT2D eigenvalue weighted by Crippen LogP contribution is 2.38. The molecule has 0 bridgehead atoms. The zero-order valence-electron chi connectivity index (χ0n) is 17.3. The van der Waals surface area contributed by atoms with Gasteiger partial charge in [0.1, 0.15) is 17.9 Å². The van der Waals surface area contributed by atoms with Crippen LogP contribution >= 0.6 is 0 Å². The Hall–Kier alpha value is -3.67. The molecule has 0 fully saturated rings. The van der Waals surface area contributed by atoms with Crippen molar-refractivity contribution in [3.8, 4) is 23.0 Å². The third-order valence-corrected chi connectivity index (χ3v) is 5.11. The Morgan fingerprint density at radius 1 is 0.800 bits per heavy atom. The average molecular weight is 406 g/mol. The minimum atomic E-state index is -0.358. The number of benzene rings is 3. The molecule has 0 saturated carbocycles. The standard InChI is InChI=1S/C24H22O6/c1-14-19(29-13-15-11-20(26-2)23(28-4)21(12-15)27-3)10-9-17-16-7-5-6-8-18(16)24(25)30-22(14)17/h5-12H,13H2,1-4H3. The topological polar surface area (TPSA) is 67.1 Å². The van der Waals surface area contributed by atoms with Crippen LogP contribution in [0.25, 0.3) is 21.7 Å². The lowest BCUT2D eigenvalue weighted by Gasteiger charge is -2.15. The van der Waals surface area contributed by atoms with E-state index < -0.39 is 0 Å². The zero-order valence-corrected chi connectivity index (χ0v) is 17.3. The first kappa shape index (κ1) is 19.6.